The van der Waals surface area contributed by atoms with Crippen molar-refractivity contribution in [3.8, 4) is 5.75 Å². The predicted octanol–water partition coefficient (Wildman–Crippen LogP) is 2.36. The molecule has 0 heterocycles. The highest BCUT2D eigenvalue weighted by Gasteiger charge is 2.19. The Balaban J connectivity index is 2.63. The van der Waals surface area contributed by atoms with E-state index in [0.29, 0.717) is 18.6 Å². The Kier molecular flexibility index (Phi) is 6.21. The van der Waals surface area contributed by atoms with E-state index in [9.17, 15) is 9.59 Å². The van der Waals surface area contributed by atoms with Crippen LogP contribution in [0.4, 0.5) is 0 Å². The normalized spacial score (nSPS) is 11.8. The van der Waals surface area contributed by atoms with Gasteiger partial charge in [0.15, 0.2) is 6.61 Å². The molecule has 0 aliphatic carbocycles. The molecule has 0 aliphatic rings. The highest BCUT2D eigenvalue weighted by atomic mass is 16.5. The summed E-state index contributed by atoms with van der Waals surface area (Å²) >= 11 is 0. The van der Waals surface area contributed by atoms with Crippen molar-refractivity contribution in [2.45, 2.75) is 46.6 Å². The predicted molar refractivity (Wildman–Crippen MR) is 80.6 cm³/mol. The van der Waals surface area contributed by atoms with Crippen LogP contribution in [0.1, 0.15) is 36.5 Å². The van der Waals surface area contributed by atoms with E-state index in [0.717, 1.165) is 16.7 Å². The molecular formula is C16H23NO4. The Labute approximate surface area is 125 Å². The number of aliphatic carboxylic acids is 1. The lowest BCUT2D eigenvalue weighted by Crippen LogP contribution is -2.42. The number of carbonyl (C=O) groups excluding carboxylic acids is 1. The molecule has 1 aromatic rings. The van der Waals surface area contributed by atoms with Crippen molar-refractivity contribution in [1.82, 2.24) is 5.32 Å². The average Bonchev–Trinajstić information content (AvgIpc) is 2.36. The number of hydrogen-bond acceptors (Lipinski definition) is 3. The summed E-state index contributed by atoms with van der Waals surface area (Å²) in [6, 6.07) is 3.11. The summed E-state index contributed by atoms with van der Waals surface area (Å²) in [4.78, 5) is 22.8. The number of nitrogens with one attached hydrogen (secondary N) is 1. The van der Waals surface area contributed by atoms with Gasteiger partial charge < -0.3 is 15.2 Å². The highest BCUT2D eigenvalue weighted by molar-refractivity contribution is 5.84. The smallest absolute Gasteiger partial charge is 0.326 e. The summed E-state index contributed by atoms with van der Waals surface area (Å²) < 4.78 is 5.54. The van der Waals surface area contributed by atoms with Crippen molar-refractivity contribution in [3.05, 3.63) is 28.8 Å². The first-order valence-corrected chi connectivity index (χ1v) is 7.08. The van der Waals surface area contributed by atoms with Crippen LogP contribution in [-0.4, -0.2) is 29.6 Å². The van der Waals surface area contributed by atoms with E-state index in [-0.39, 0.29) is 6.61 Å². The van der Waals surface area contributed by atoms with E-state index < -0.39 is 17.9 Å². The van der Waals surface area contributed by atoms with E-state index in [1.165, 1.54) is 0 Å². The topological polar surface area (TPSA) is 75.6 Å². The molecule has 1 aromatic carbocycles. The maximum absolute atomic E-state index is 11.8. The van der Waals surface area contributed by atoms with Gasteiger partial charge in [0.1, 0.15) is 11.8 Å². The Hall–Kier alpha value is -2.04. The summed E-state index contributed by atoms with van der Waals surface area (Å²) in [6.45, 7) is 7.53. The minimum Gasteiger partial charge on any atom is -0.483 e. The Morgan fingerprint density at radius 2 is 1.81 bits per heavy atom. The van der Waals surface area contributed by atoms with Gasteiger partial charge in [0.25, 0.3) is 5.91 Å². The Morgan fingerprint density at radius 3 is 2.29 bits per heavy atom. The molecule has 0 radical (unpaired) electrons. The summed E-state index contributed by atoms with van der Waals surface area (Å²) in [5.41, 5.74) is 3.06. The first-order valence-electron chi connectivity index (χ1n) is 7.08. The molecule has 1 amide bonds. The van der Waals surface area contributed by atoms with Gasteiger partial charge >= 0.3 is 5.97 Å². The van der Waals surface area contributed by atoms with E-state index in [2.05, 4.69) is 5.32 Å². The molecule has 116 valence electrons. The van der Waals surface area contributed by atoms with Crippen molar-refractivity contribution < 1.29 is 19.4 Å². The van der Waals surface area contributed by atoms with Crippen LogP contribution < -0.4 is 10.1 Å². The molecule has 0 saturated heterocycles. The molecule has 5 heteroatoms. The Morgan fingerprint density at radius 1 is 1.24 bits per heavy atom. The van der Waals surface area contributed by atoms with Crippen molar-refractivity contribution in [2.75, 3.05) is 6.61 Å². The van der Waals surface area contributed by atoms with Crippen LogP contribution in [0.15, 0.2) is 12.1 Å². The molecule has 0 spiro atoms. The number of aryl methyl sites for hydroxylation is 3. The van der Waals surface area contributed by atoms with Crippen LogP contribution in [-0.2, 0) is 9.59 Å². The van der Waals surface area contributed by atoms with Crippen molar-refractivity contribution in [3.63, 3.8) is 0 Å². The zero-order chi connectivity index (χ0) is 16.0. The Bertz CT molecular complexity index is 502. The van der Waals surface area contributed by atoms with Gasteiger partial charge in [0, 0.05) is 0 Å². The number of hydrogen-bond donors (Lipinski definition) is 2. The van der Waals surface area contributed by atoms with Gasteiger partial charge in [0.05, 0.1) is 0 Å². The van der Waals surface area contributed by atoms with Crippen LogP contribution in [0, 0.1) is 20.8 Å². The van der Waals surface area contributed by atoms with Crippen molar-refractivity contribution in [2.24, 2.45) is 0 Å². The maximum Gasteiger partial charge on any atom is 0.326 e. The lowest BCUT2D eigenvalue weighted by molar-refractivity contribution is -0.142. The fraction of sp³-hybridized carbons (Fsp3) is 0.500. The third-order valence-electron chi connectivity index (χ3n) is 3.16. The van der Waals surface area contributed by atoms with Gasteiger partial charge in [-0.1, -0.05) is 31.0 Å². The largest absolute Gasteiger partial charge is 0.483 e. The maximum atomic E-state index is 11.8. The lowest BCUT2D eigenvalue weighted by Gasteiger charge is -2.16. The number of carbonyl (C=O) groups is 2. The quantitative estimate of drug-likeness (QED) is 0.809. The third-order valence-corrected chi connectivity index (χ3v) is 3.16. The van der Waals surface area contributed by atoms with E-state index in [1.807, 2.05) is 39.8 Å². The van der Waals surface area contributed by atoms with Crippen molar-refractivity contribution in [1.29, 1.82) is 0 Å². The molecule has 0 unspecified atom stereocenters. The summed E-state index contributed by atoms with van der Waals surface area (Å²) in [5, 5.41) is 11.5. The molecule has 0 aliphatic heterocycles. The van der Waals surface area contributed by atoms with Gasteiger partial charge in [-0.2, -0.15) is 0 Å². The molecule has 1 atom stereocenters. The first-order chi connectivity index (χ1) is 9.85. The first kappa shape index (κ1) is 17.0. The molecule has 0 fully saturated rings. The molecule has 0 saturated carbocycles. The molecule has 21 heavy (non-hydrogen) atoms. The van der Waals surface area contributed by atoms with Gasteiger partial charge in [-0.25, -0.2) is 4.79 Å². The van der Waals surface area contributed by atoms with E-state index in [1.54, 1.807) is 0 Å². The number of amides is 1. The van der Waals surface area contributed by atoms with Gasteiger partial charge in [-0.05, 0) is 38.3 Å². The summed E-state index contributed by atoms with van der Waals surface area (Å²) in [7, 11) is 0. The SMILES string of the molecule is CCC[C@H](NC(=O)COc1c(C)cc(C)cc1C)C(=O)O. The molecule has 0 bridgehead atoms. The number of benzene rings is 1. The van der Waals surface area contributed by atoms with E-state index in [4.69, 9.17) is 9.84 Å². The number of ether oxygens (including phenoxy) is 1. The number of carboxylic acids is 1. The zero-order valence-corrected chi connectivity index (χ0v) is 13.0. The van der Waals surface area contributed by atoms with Crippen LogP contribution in [0.5, 0.6) is 5.75 Å². The average molecular weight is 293 g/mol. The van der Waals surface area contributed by atoms with Crippen LogP contribution in [0.3, 0.4) is 0 Å². The fourth-order valence-corrected chi connectivity index (χ4v) is 2.31. The number of carboxylic acid groups (broad SMARTS) is 1. The van der Waals surface area contributed by atoms with E-state index >= 15 is 0 Å². The summed E-state index contributed by atoms with van der Waals surface area (Å²) in [5.74, 6) is -0.763. The molecule has 2 N–H and O–H groups in total. The second kappa shape index (κ2) is 7.67. The number of rotatable bonds is 7. The zero-order valence-electron chi connectivity index (χ0n) is 13.0. The van der Waals surface area contributed by atoms with Crippen LogP contribution in [0.25, 0.3) is 0 Å². The minimum absolute atomic E-state index is 0.182. The van der Waals surface area contributed by atoms with Crippen LogP contribution >= 0.6 is 0 Å². The third kappa shape index (κ3) is 5.10. The van der Waals surface area contributed by atoms with Gasteiger partial charge in [-0.15, -0.1) is 0 Å². The molecular weight excluding hydrogens is 270 g/mol. The molecule has 5 nitrogen and oxygen atoms in total. The minimum atomic E-state index is -1.02. The van der Waals surface area contributed by atoms with Crippen molar-refractivity contribution >= 4 is 11.9 Å². The monoisotopic (exact) mass is 293 g/mol. The second-order valence-electron chi connectivity index (χ2n) is 5.26. The van der Waals surface area contributed by atoms with Gasteiger partial charge in [0.2, 0.25) is 0 Å². The highest BCUT2D eigenvalue weighted by Crippen LogP contribution is 2.24. The van der Waals surface area contributed by atoms with Gasteiger partial charge in [-0.3, -0.25) is 4.79 Å². The van der Waals surface area contributed by atoms with Crippen LogP contribution in [0.2, 0.25) is 0 Å². The molecule has 0 aromatic heterocycles. The molecule has 1 rings (SSSR count). The fourth-order valence-electron chi connectivity index (χ4n) is 2.31. The standard InChI is InChI=1S/C16H23NO4/c1-5-6-13(16(19)20)17-14(18)9-21-15-11(3)7-10(2)8-12(15)4/h7-8,13H,5-6,9H2,1-4H3,(H,17,18)(H,19,20)/t13-/m0/s1. The lowest BCUT2D eigenvalue weighted by atomic mass is 10.1. The second-order valence-corrected chi connectivity index (χ2v) is 5.26. The summed E-state index contributed by atoms with van der Waals surface area (Å²) in [6.07, 6.45) is 1.10.